The molecule has 2 N–H and O–H groups in total. The molecule has 0 amide bonds. The summed E-state index contributed by atoms with van der Waals surface area (Å²) in [5.41, 5.74) is 1.28. The molecule has 2 atom stereocenters. The van der Waals surface area contributed by atoms with Crippen molar-refractivity contribution in [2.45, 2.75) is 70.6 Å². The summed E-state index contributed by atoms with van der Waals surface area (Å²) in [4.78, 5) is 23.0. The summed E-state index contributed by atoms with van der Waals surface area (Å²) < 4.78 is 5.82. The van der Waals surface area contributed by atoms with Crippen molar-refractivity contribution in [2.75, 3.05) is 6.61 Å². The lowest BCUT2D eigenvalue weighted by Crippen LogP contribution is -2.35. The van der Waals surface area contributed by atoms with Gasteiger partial charge in [-0.15, -0.1) is 0 Å². The summed E-state index contributed by atoms with van der Waals surface area (Å²) in [6.07, 6.45) is 8.18. The Morgan fingerprint density at radius 1 is 0.946 bits per heavy atom. The third-order valence-corrected chi connectivity index (χ3v) is 7.23. The van der Waals surface area contributed by atoms with E-state index in [9.17, 15) is 14.7 Å². The van der Waals surface area contributed by atoms with Crippen molar-refractivity contribution in [1.82, 2.24) is 0 Å². The molecule has 8 heteroatoms. The van der Waals surface area contributed by atoms with Crippen LogP contribution in [0.5, 0.6) is 5.75 Å². The van der Waals surface area contributed by atoms with Gasteiger partial charge in [-0.25, -0.2) is 0 Å². The molecule has 0 aliphatic heterocycles. The van der Waals surface area contributed by atoms with Crippen molar-refractivity contribution in [3.8, 4) is 11.8 Å². The average Bonchev–Trinajstić information content (AvgIpc) is 3.31. The van der Waals surface area contributed by atoms with Gasteiger partial charge in [0.2, 0.25) is 0 Å². The van der Waals surface area contributed by atoms with Crippen molar-refractivity contribution in [1.29, 1.82) is 5.26 Å². The van der Waals surface area contributed by atoms with Gasteiger partial charge < -0.3 is 14.9 Å². The van der Waals surface area contributed by atoms with Gasteiger partial charge in [-0.1, -0.05) is 25.7 Å². The van der Waals surface area contributed by atoms with Crippen LogP contribution < -0.4 is 4.74 Å². The summed E-state index contributed by atoms with van der Waals surface area (Å²) >= 11 is 0. The number of ether oxygens (including phenoxy) is 1. The predicted octanol–water partition coefficient (Wildman–Crippen LogP) is 7.43. The molecule has 0 heterocycles. The first-order valence-corrected chi connectivity index (χ1v) is 13.0. The minimum atomic E-state index is -0.817. The molecule has 1 saturated carbocycles. The topological polar surface area (TPSA) is 132 Å². The minimum absolute atomic E-state index is 0.0827. The Morgan fingerprint density at radius 3 is 2.22 bits per heavy atom. The summed E-state index contributed by atoms with van der Waals surface area (Å²) in [6.45, 7) is 0.591. The number of rotatable bonds is 15. The Labute approximate surface area is 218 Å². The van der Waals surface area contributed by atoms with Crippen LogP contribution in [0.25, 0.3) is 0 Å². The Morgan fingerprint density at radius 2 is 1.59 bits per heavy atom. The van der Waals surface area contributed by atoms with Gasteiger partial charge in [0.25, 0.3) is 0 Å². The lowest BCUT2D eigenvalue weighted by atomic mass is 9.72. The van der Waals surface area contributed by atoms with Gasteiger partial charge in [-0.2, -0.15) is 15.5 Å². The second-order valence-electron chi connectivity index (χ2n) is 9.70. The second-order valence-corrected chi connectivity index (χ2v) is 9.70. The van der Waals surface area contributed by atoms with Crippen LogP contribution in [0, 0.1) is 22.7 Å². The van der Waals surface area contributed by atoms with Crippen molar-refractivity contribution in [2.24, 2.45) is 21.6 Å². The Balaban J connectivity index is 1.34. The van der Waals surface area contributed by atoms with E-state index in [4.69, 9.17) is 15.1 Å². The quantitative estimate of drug-likeness (QED) is 0.191. The van der Waals surface area contributed by atoms with E-state index in [-0.39, 0.29) is 12.3 Å². The SMILES string of the molecule is N#Cc1ccc(N=Nc2ccc(OCCCCCCC3(C(=O)O)CCCC3CCCC(=O)O)cc2)cc1. The van der Waals surface area contributed by atoms with Gasteiger partial charge in [0.15, 0.2) is 0 Å². The Kier molecular flexibility index (Phi) is 10.6. The molecule has 2 unspecified atom stereocenters. The number of hydrogen-bond acceptors (Lipinski definition) is 6. The molecule has 3 rings (SSSR count). The van der Waals surface area contributed by atoms with Crippen LogP contribution in [0.2, 0.25) is 0 Å². The van der Waals surface area contributed by atoms with E-state index in [1.54, 1.807) is 24.3 Å². The number of hydrogen-bond donors (Lipinski definition) is 2. The number of nitriles is 1. The number of azo groups is 1. The number of unbranched alkanes of at least 4 members (excludes halogenated alkanes) is 3. The molecule has 8 nitrogen and oxygen atoms in total. The van der Waals surface area contributed by atoms with Gasteiger partial charge in [-0.05, 0) is 93.0 Å². The van der Waals surface area contributed by atoms with Gasteiger partial charge >= 0.3 is 11.9 Å². The molecule has 196 valence electrons. The number of carbonyl (C=O) groups is 2. The number of carboxylic acid groups (broad SMARTS) is 2. The van der Waals surface area contributed by atoms with Crippen molar-refractivity contribution < 1.29 is 24.5 Å². The normalized spacial score (nSPS) is 19.1. The van der Waals surface area contributed by atoms with Gasteiger partial charge in [0.05, 0.1) is 35.0 Å². The van der Waals surface area contributed by atoms with Gasteiger partial charge in [0.1, 0.15) is 5.75 Å². The first-order chi connectivity index (χ1) is 17.9. The zero-order valence-corrected chi connectivity index (χ0v) is 21.1. The summed E-state index contributed by atoms with van der Waals surface area (Å²) in [5, 5.41) is 36.1. The maximum Gasteiger partial charge on any atom is 0.309 e. The Hall–Kier alpha value is -3.73. The molecule has 2 aromatic rings. The standard InChI is InChI=1S/C29H35N3O5/c30-21-22-10-12-24(13-11-22)31-32-25-14-16-26(17-15-25)37-20-4-2-1-3-18-29(28(35)36)19-6-8-23(29)7-5-9-27(33)34/h10-17,23H,1-9,18-20H2,(H,33,34)(H,35,36). The molecule has 2 aromatic carbocycles. The molecule has 1 aliphatic rings. The molecule has 1 fully saturated rings. The molecular formula is C29H35N3O5. The van der Waals surface area contributed by atoms with E-state index in [1.807, 2.05) is 24.3 Å². The summed E-state index contributed by atoms with van der Waals surface area (Å²) in [6, 6.07) is 16.3. The zero-order valence-electron chi connectivity index (χ0n) is 21.1. The highest BCUT2D eigenvalue weighted by Gasteiger charge is 2.47. The van der Waals surface area contributed by atoms with Crippen LogP contribution in [-0.2, 0) is 9.59 Å². The minimum Gasteiger partial charge on any atom is -0.494 e. The smallest absolute Gasteiger partial charge is 0.309 e. The molecule has 0 saturated heterocycles. The van der Waals surface area contributed by atoms with Crippen LogP contribution in [0.3, 0.4) is 0 Å². The van der Waals surface area contributed by atoms with E-state index in [0.717, 1.165) is 44.3 Å². The lowest BCUT2D eigenvalue weighted by molar-refractivity contribution is -0.152. The van der Waals surface area contributed by atoms with Crippen LogP contribution >= 0.6 is 0 Å². The molecule has 0 aromatic heterocycles. The third-order valence-electron chi connectivity index (χ3n) is 7.23. The van der Waals surface area contributed by atoms with Crippen LogP contribution in [-0.4, -0.2) is 28.8 Å². The molecule has 1 aliphatic carbocycles. The highest BCUT2D eigenvalue weighted by atomic mass is 16.5. The van der Waals surface area contributed by atoms with Crippen molar-refractivity contribution in [3.05, 3.63) is 54.1 Å². The average molecular weight is 506 g/mol. The highest BCUT2D eigenvalue weighted by molar-refractivity contribution is 5.75. The maximum atomic E-state index is 12.2. The van der Waals surface area contributed by atoms with Crippen LogP contribution in [0.15, 0.2) is 58.8 Å². The molecule has 37 heavy (non-hydrogen) atoms. The predicted molar refractivity (Wildman–Crippen MR) is 139 cm³/mol. The molecule has 0 radical (unpaired) electrons. The zero-order chi connectivity index (χ0) is 26.5. The van der Waals surface area contributed by atoms with E-state index in [2.05, 4.69) is 16.3 Å². The number of benzene rings is 2. The third kappa shape index (κ3) is 8.42. The first-order valence-electron chi connectivity index (χ1n) is 13.0. The number of nitrogens with zero attached hydrogens (tertiary/aromatic N) is 3. The van der Waals surface area contributed by atoms with E-state index < -0.39 is 17.4 Å². The van der Waals surface area contributed by atoms with Crippen LogP contribution in [0.4, 0.5) is 11.4 Å². The maximum absolute atomic E-state index is 12.2. The fourth-order valence-electron chi connectivity index (χ4n) is 5.20. The summed E-state index contributed by atoms with van der Waals surface area (Å²) in [7, 11) is 0. The van der Waals surface area contributed by atoms with Crippen molar-refractivity contribution in [3.63, 3.8) is 0 Å². The monoisotopic (exact) mass is 505 g/mol. The fraction of sp³-hybridized carbons (Fsp3) is 0.483. The fourth-order valence-corrected chi connectivity index (χ4v) is 5.20. The highest BCUT2D eigenvalue weighted by Crippen LogP contribution is 2.49. The van der Waals surface area contributed by atoms with E-state index in [1.165, 1.54) is 0 Å². The molecular weight excluding hydrogens is 470 g/mol. The second kappa shape index (κ2) is 14.1. The lowest BCUT2D eigenvalue weighted by Gasteiger charge is -2.31. The van der Waals surface area contributed by atoms with Crippen molar-refractivity contribution >= 4 is 23.3 Å². The van der Waals surface area contributed by atoms with E-state index in [0.29, 0.717) is 49.2 Å². The summed E-state index contributed by atoms with van der Waals surface area (Å²) in [5.74, 6) is -0.688. The van der Waals surface area contributed by atoms with Gasteiger partial charge in [0, 0.05) is 6.42 Å². The van der Waals surface area contributed by atoms with Gasteiger partial charge in [-0.3, -0.25) is 9.59 Å². The number of aliphatic carboxylic acids is 2. The molecule has 0 spiro atoms. The molecule has 0 bridgehead atoms. The first kappa shape index (κ1) is 27.9. The largest absolute Gasteiger partial charge is 0.494 e. The van der Waals surface area contributed by atoms with Crippen LogP contribution in [0.1, 0.15) is 76.2 Å². The Bertz CT molecular complexity index is 1090. The van der Waals surface area contributed by atoms with E-state index >= 15 is 0 Å². The number of carboxylic acids is 2.